The Hall–Kier alpha value is -2.16. The molecule has 1 aromatic heterocycles. The fourth-order valence-corrected chi connectivity index (χ4v) is 3.65. The predicted octanol–water partition coefficient (Wildman–Crippen LogP) is 3.02. The Morgan fingerprint density at radius 1 is 1.27 bits per heavy atom. The standard InChI is InChI=1S/C17H20ClN3O4S/c1-11(2)21(3)26(23,24)13-6-7-15(18)14(9-13)17(22)20-12-5-8-16(25-4)19-10-12/h5-11H,1-4H3,(H,20,22). The van der Waals surface area contributed by atoms with Crippen LogP contribution in [0.1, 0.15) is 24.2 Å². The van der Waals surface area contributed by atoms with Gasteiger partial charge in [0.1, 0.15) is 0 Å². The second-order valence-electron chi connectivity index (χ2n) is 5.80. The molecule has 0 aliphatic heterocycles. The van der Waals surface area contributed by atoms with Crippen molar-refractivity contribution in [3.63, 3.8) is 0 Å². The normalized spacial score (nSPS) is 11.7. The number of sulfonamides is 1. The molecule has 1 aromatic carbocycles. The molecular weight excluding hydrogens is 378 g/mol. The van der Waals surface area contributed by atoms with Crippen LogP contribution in [0.15, 0.2) is 41.4 Å². The zero-order valence-corrected chi connectivity index (χ0v) is 16.4. The van der Waals surface area contributed by atoms with Crippen LogP contribution < -0.4 is 10.1 Å². The molecule has 1 N–H and O–H groups in total. The van der Waals surface area contributed by atoms with E-state index in [4.69, 9.17) is 16.3 Å². The van der Waals surface area contributed by atoms with Crippen molar-refractivity contribution in [3.8, 4) is 5.88 Å². The van der Waals surface area contributed by atoms with Gasteiger partial charge in [0.15, 0.2) is 0 Å². The minimum absolute atomic E-state index is 0.00361. The zero-order valence-electron chi connectivity index (χ0n) is 14.9. The van der Waals surface area contributed by atoms with Gasteiger partial charge in [0.05, 0.1) is 34.5 Å². The number of carbonyl (C=O) groups excluding carboxylic acids is 1. The number of anilines is 1. The average molecular weight is 398 g/mol. The Balaban J connectivity index is 2.32. The van der Waals surface area contributed by atoms with E-state index in [2.05, 4.69) is 10.3 Å². The SMILES string of the molecule is COc1ccc(NC(=O)c2cc(S(=O)(=O)N(C)C(C)C)ccc2Cl)cn1. The Bertz CT molecular complexity index is 899. The summed E-state index contributed by atoms with van der Waals surface area (Å²) in [5.41, 5.74) is 0.486. The molecule has 0 atom stereocenters. The van der Waals surface area contributed by atoms with Gasteiger partial charge in [-0.3, -0.25) is 4.79 Å². The number of halogens is 1. The minimum atomic E-state index is -3.73. The maximum absolute atomic E-state index is 12.6. The van der Waals surface area contributed by atoms with E-state index >= 15 is 0 Å². The van der Waals surface area contributed by atoms with E-state index in [9.17, 15) is 13.2 Å². The first kappa shape index (κ1) is 20.2. The van der Waals surface area contributed by atoms with E-state index in [1.807, 2.05) is 0 Å². The summed E-state index contributed by atoms with van der Waals surface area (Å²) in [6.45, 7) is 3.52. The molecule has 1 amide bonds. The summed E-state index contributed by atoms with van der Waals surface area (Å²) in [6, 6.07) is 7.02. The third kappa shape index (κ3) is 4.32. The quantitative estimate of drug-likeness (QED) is 0.809. The molecule has 0 aliphatic rings. The molecule has 0 unspecified atom stereocenters. The highest BCUT2D eigenvalue weighted by atomic mass is 35.5. The number of carbonyl (C=O) groups is 1. The molecule has 2 aromatic rings. The summed E-state index contributed by atoms with van der Waals surface area (Å²) in [5, 5.41) is 2.78. The average Bonchev–Trinajstić information content (AvgIpc) is 2.61. The van der Waals surface area contributed by atoms with Crippen LogP contribution in [-0.4, -0.2) is 43.8 Å². The second-order valence-corrected chi connectivity index (χ2v) is 8.20. The van der Waals surface area contributed by atoms with Gasteiger partial charge in [0, 0.05) is 19.2 Å². The smallest absolute Gasteiger partial charge is 0.257 e. The van der Waals surface area contributed by atoms with Crippen LogP contribution in [0.2, 0.25) is 5.02 Å². The van der Waals surface area contributed by atoms with Crippen molar-refractivity contribution in [1.82, 2.24) is 9.29 Å². The van der Waals surface area contributed by atoms with Crippen LogP contribution >= 0.6 is 11.6 Å². The third-order valence-corrected chi connectivity index (χ3v) is 6.15. The lowest BCUT2D eigenvalue weighted by atomic mass is 10.2. The molecule has 140 valence electrons. The number of aromatic nitrogens is 1. The van der Waals surface area contributed by atoms with Gasteiger partial charge in [-0.25, -0.2) is 13.4 Å². The number of nitrogens with zero attached hydrogens (tertiary/aromatic N) is 2. The van der Waals surface area contributed by atoms with Crippen molar-refractivity contribution in [1.29, 1.82) is 0 Å². The highest BCUT2D eigenvalue weighted by Crippen LogP contribution is 2.24. The van der Waals surface area contributed by atoms with Crippen LogP contribution in [0, 0.1) is 0 Å². The Morgan fingerprint density at radius 2 is 1.96 bits per heavy atom. The lowest BCUT2D eigenvalue weighted by molar-refractivity contribution is 0.102. The zero-order chi connectivity index (χ0) is 19.5. The van der Waals surface area contributed by atoms with Gasteiger partial charge in [-0.05, 0) is 38.1 Å². The van der Waals surface area contributed by atoms with Gasteiger partial charge in [-0.1, -0.05) is 11.6 Å². The van der Waals surface area contributed by atoms with E-state index < -0.39 is 15.9 Å². The number of hydrogen-bond donors (Lipinski definition) is 1. The number of nitrogens with one attached hydrogen (secondary N) is 1. The lowest BCUT2D eigenvalue weighted by Gasteiger charge is -2.21. The number of methoxy groups -OCH3 is 1. The molecule has 0 fully saturated rings. The van der Waals surface area contributed by atoms with Gasteiger partial charge < -0.3 is 10.1 Å². The number of amides is 1. The summed E-state index contributed by atoms with van der Waals surface area (Å²) in [4.78, 5) is 16.5. The summed E-state index contributed by atoms with van der Waals surface area (Å²) in [7, 11) is -0.757. The van der Waals surface area contributed by atoms with Gasteiger partial charge >= 0.3 is 0 Å². The molecular formula is C17H20ClN3O4S. The third-order valence-electron chi connectivity index (χ3n) is 3.79. The number of hydrogen-bond acceptors (Lipinski definition) is 5. The lowest BCUT2D eigenvalue weighted by Crippen LogP contribution is -2.33. The molecule has 7 nitrogen and oxygen atoms in total. The number of ether oxygens (including phenoxy) is 1. The summed E-state index contributed by atoms with van der Waals surface area (Å²) < 4.78 is 31.4. The fourth-order valence-electron chi connectivity index (χ4n) is 2.06. The Morgan fingerprint density at radius 3 is 2.50 bits per heavy atom. The Labute approximate surface area is 158 Å². The van der Waals surface area contributed by atoms with Gasteiger partial charge in [-0.2, -0.15) is 4.31 Å². The number of benzene rings is 1. The molecule has 9 heteroatoms. The number of pyridine rings is 1. The van der Waals surface area contributed by atoms with Gasteiger partial charge in [0.2, 0.25) is 15.9 Å². The van der Waals surface area contributed by atoms with Crippen molar-refractivity contribution < 1.29 is 17.9 Å². The first-order valence-electron chi connectivity index (χ1n) is 7.75. The summed E-state index contributed by atoms with van der Waals surface area (Å²) in [5.74, 6) is -0.128. The summed E-state index contributed by atoms with van der Waals surface area (Å²) >= 11 is 6.09. The molecule has 0 saturated heterocycles. The largest absolute Gasteiger partial charge is 0.481 e. The van der Waals surface area contributed by atoms with Crippen LogP contribution in [0.5, 0.6) is 5.88 Å². The van der Waals surface area contributed by atoms with E-state index in [1.54, 1.807) is 26.0 Å². The van der Waals surface area contributed by atoms with Crippen LogP contribution in [0.3, 0.4) is 0 Å². The Kier molecular flexibility index (Phi) is 6.22. The highest BCUT2D eigenvalue weighted by molar-refractivity contribution is 7.89. The topological polar surface area (TPSA) is 88.6 Å². The van der Waals surface area contributed by atoms with Crippen LogP contribution in [0.25, 0.3) is 0 Å². The van der Waals surface area contributed by atoms with Crippen LogP contribution in [0.4, 0.5) is 5.69 Å². The van der Waals surface area contributed by atoms with Crippen molar-refractivity contribution >= 4 is 33.2 Å². The van der Waals surface area contributed by atoms with Crippen molar-refractivity contribution in [2.24, 2.45) is 0 Å². The van der Waals surface area contributed by atoms with E-state index in [-0.39, 0.29) is 21.5 Å². The van der Waals surface area contributed by atoms with Gasteiger partial charge in [-0.15, -0.1) is 0 Å². The maximum atomic E-state index is 12.6. The molecule has 0 spiro atoms. The first-order valence-corrected chi connectivity index (χ1v) is 9.57. The van der Waals surface area contributed by atoms with E-state index in [0.717, 1.165) is 0 Å². The van der Waals surface area contributed by atoms with Crippen molar-refractivity contribution in [2.75, 3.05) is 19.5 Å². The first-order chi connectivity index (χ1) is 12.2. The monoisotopic (exact) mass is 397 g/mol. The highest BCUT2D eigenvalue weighted by Gasteiger charge is 2.25. The second kappa shape index (κ2) is 8.03. The maximum Gasteiger partial charge on any atom is 0.257 e. The molecule has 2 rings (SSSR count). The fraction of sp³-hybridized carbons (Fsp3) is 0.294. The molecule has 1 heterocycles. The predicted molar refractivity (Wildman–Crippen MR) is 100 cm³/mol. The molecule has 0 aliphatic carbocycles. The molecule has 0 saturated carbocycles. The molecule has 26 heavy (non-hydrogen) atoms. The molecule has 0 bridgehead atoms. The molecule has 0 radical (unpaired) electrons. The van der Waals surface area contributed by atoms with E-state index in [0.29, 0.717) is 11.6 Å². The number of rotatable bonds is 6. The van der Waals surface area contributed by atoms with E-state index in [1.165, 1.54) is 42.9 Å². The summed E-state index contributed by atoms with van der Waals surface area (Å²) in [6.07, 6.45) is 1.43. The van der Waals surface area contributed by atoms with Gasteiger partial charge in [0.25, 0.3) is 5.91 Å². The van der Waals surface area contributed by atoms with Crippen molar-refractivity contribution in [3.05, 3.63) is 47.1 Å². The van der Waals surface area contributed by atoms with Crippen LogP contribution in [-0.2, 0) is 10.0 Å². The minimum Gasteiger partial charge on any atom is -0.481 e. The van der Waals surface area contributed by atoms with Crippen molar-refractivity contribution in [2.45, 2.75) is 24.8 Å².